The van der Waals surface area contributed by atoms with Gasteiger partial charge in [-0.15, -0.1) is 0 Å². The Balaban J connectivity index is 1.50. The standard InChI is InChI=1S/C16H15Cl2N5S/c17-10-2-1-3-11-13(10)14(21-20-11)23-7-6-22(9-16(23)4-5-16)15-19-8-12(18)24-15/h1-3,8H,4-7,9H2,(H,20,21). The summed E-state index contributed by atoms with van der Waals surface area (Å²) in [6, 6.07) is 5.89. The van der Waals surface area contributed by atoms with Gasteiger partial charge in [0.05, 0.1) is 27.7 Å². The maximum Gasteiger partial charge on any atom is 0.186 e. The Morgan fingerprint density at radius 3 is 2.83 bits per heavy atom. The molecule has 0 bridgehead atoms. The molecule has 0 radical (unpaired) electrons. The Hall–Kier alpha value is -1.50. The summed E-state index contributed by atoms with van der Waals surface area (Å²) in [5, 5.41) is 10.5. The fourth-order valence-corrected chi connectivity index (χ4v) is 4.83. The van der Waals surface area contributed by atoms with Gasteiger partial charge in [-0.25, -0.2) is 4.98 Å². The van der Waals surface area contributed by atoms with Crippen molar-refractivity contribution in [1.82, 2.24) is 15.2 Å². The van der Waals surface area contributed by atoms with E-state index in [1.807, 2.05) is 18.2 Å². The molecule has 1 aliphatic carbocycles. The van der Waals surface area contributed by atoms with Gasteiger partial charge >= 0.3 is 0 Å². The van der Waals surface area contributed by atoms with E-state index in [0.29, 0.717) is 0 Å². The van der Waals surface area contributed by atoms with E-state index in [1.54, 1.807) is 17.5 Å². The van der Waals surface area contributed by atoms with Crippen molar-refractivity contribution in [3.63, 3.8) is 0 Å². The van der Waals surface area contributed by atoms with E-state index < -0.39 is 0 Å². The van der Waals surface area contributed by atoms with Crippen LogP contribution in [-0.4, -0.2) is 40.4 Å². The van der Waals surface area contributed by atoms with Gasteiger partial charge < -0.3 is 9.80 Å². The molecule has 0 atom stereocenters. The summed E-state index contributed by atoms with van der Waals surface area (Å²) in [6.45, 7) is 2.77. The van der Waals surface area contributed by atoms with Gasteiger partial charge in [0.2, 0.25) is 0 Å². The van der Waals surface area contributed by atoms with Crippen molar-refractivity contribution >= 4 is 56.4 Å². The Labute approximate surface area is 153 Å². The van der Waals surface area contributed by atoms with Crippen LogP contribution in [0.1, 0.15) is 12.8 Å². The van der Waals surface area contributed by atoms with Crippen LogP contribution in [0.25, 0.3) is 10.9 Å². The molecule has 24 heavy (non-hydrogen) atoms. The van der Waals surface area contributed by atoms with Crippen LogP contribution in [0, 0.1) is 0 Å². The Bertz CT molecular complexity index is 916. The highest BCUT2D eigenvalue weighted by Gasteiger charge is 2.52. The van der Waals surface area contributed by atoms with E-state index in [4.69, 9.17) is 23.2 Å². The van der Waals surface area contributed by atoms with Gasteiger partial charge in [-0.1, -0.05) is 40.6 Å². The van der Waals surface area contributed by atoms with Crippen molar-refractivity contribution in [2.75, 3.05) is 29.4 Å². The Morgan fingerprint density at radius 1 is 1.21 bits per heavy atom. The fourth-order valence-electron chi connectivity index (χ4n) is 3.64. The van der Waals surface area contributed by atoms with Crippen molar-refractivity contribution < 1.29 is 0 Å². The topological polar surface area (TPSA) is 48.1 Å². The van der Waals surface area contributed by atoms with Crippen LogP contribution < -0.4 is 9.80 Å². The van der Waals surface area contributed by atoms with E-state index >= 15 is 0 Å². The van der Waals surface area contributed by atoms with Gasteiger partial charge in [0.25, 0.3) is 0 Å². The second-order valence-electron chi connectivity index (χ2n) is 6.45. The fraction of sp³-hybridized carbons (Fsp3) is 0.375. The van der Waals surface area contributed by atoms with Gasteiger partial charge in [0.15, 0.2) is 10.9 Å². The number of aromatic nitrogens is 3. The monoisotopic (exact) mass is 379 g/mol. The van der Waals surface area contributed by atoms with Crippen molar-refractivity contribution in [2.24, 2.45) is 0 Å². The number of nitrogens with one attached hydrogen (secondary N) is 1. The molecule has 8 heteroatoms. The summed E-state index contributed by atoms with van der Waals surface area (Å²) >= 11 is 14.0. The predicted molar refractivity (Wildman–Crippen MR) is 99.8 cm³/mol. The molecule has 3 heterocycles. The molecule has 5 rings (SSSR count). The first kappa shape index (κ1) is 14.8. The minimum absolute atomic E-state index is 0.137. The number of hydrogen-bond donors (Lipinski definition) is 1. The maximum absolute atomic E-state index is 6.44. The number of benzene rings is 1. The third-order valence-electron chi connectivity index (χ3n) is 4.99. The summed E-state index contributed by atoms with van der Waals surface area (Å²) in [7, 11) is 0. The molecule has 0 amide bonds. The summed E-state index contributed by atoms with van der Waals surface area (Å²) in [5.74, 6) is 0.977. The number of piperazine rings is 1. The molecule has 0 unspecified atom stereocenters. The molecule has 5 nitrogen and oxygen atoms in total. The maximum atomic E-state index is 6.44. The second kappa shape index (κ2) is 5.25. The average molecular weight is 380 g/mol. The highest BCUT2D eigenvalue weighted by atomic mass is 35.5. The van der Waals surface area contributed by atoms with E-state index in [-0.39, 0.29) is 5.54 Å². The first-order chi connectivity index (χ1) is 11.7. The lowest BCUT2D eigenvalue weighted by Crippen LogP contribution is -2.55. The molecule has 1 N–H and O–H groups in total. The van der Waals surface area contributed by atoms with E-state index in [0.717, 1.165) is 50.8 Å². The molecule has 2 aliphatic rings. The summed E-state index contributed by atoms with van der Waals surface area (Å²) in [4.78, 5) is 9.21. The zero-order chi connectivity index (χ0) is 16.3. The van der Waals surface area contributed by atoms with Crippen LogP contribution in [0.3, 0.4) is 0 Å². The Morgan fingerprint density at radius 2 is 2.08 bits per heavy atom. The molecule has 3 aromatic rings. The van der Waals surface area contributed by atoms with E-state index in [1.165, 1.54) is 12.8 Å². The number of thiazole rings is 1. The van der Waals surface area contributed by atoms with Crippen LogP contribution in [0.2, 0.25) is 9.36 Å². The quantitative estimate of drug-likeness (QED) is 0.725. The minimum atomic E-state index is 0.137. The van der Waals surface area contributed by atoms with Gasteiger partial charge in [0, 0.05) is 19.6 Å². The largest absolute Gasteiger partial charge is 0.345 e. The lowest BCUT2D eigenvalue weighted by molar-refractivity contribution is 0.505. The zero-order valence-corrected chi connectivity index (χ0v) is 15.1. The lowest BCUT2D eigenvalue weighted by Gasteiger charge is -2.42. The number of hydrogen-bond acceptors (Lipinski definition) is 5. The third-order valence-corrected chi connectivity index (χ3v) is 6.48. The van der Waals surface area contributed by atoms with Crippen molar-refractivity contribution in [3.8, 4) is 0 Å². The van der Waals surface area contributed by atoms with Gasteiger partial charge in [-0.2, -0.15) is 5.10 Å². The SMILES string of the molecule is Clc1cnc(N2CCN(c3n[nH]c4cccc(Cl)c34)C3(CC3)C2)s1. The molecule has 124 valence electrons. The molecule has 1 spiro atoms. The number of fused-ring (bicyclic) bond motifs is 1. The van der Waals surface area contributed by atoms with Crippen molar-refractivity contribution in [2.45, 2.75) is 18.4 Å². The minimum Gasteiger partial charge on any atom is -0.345 e. The average Bonchev–Trinajstić information content (AvgIpc) is 3.00. The number of H-pyrrole nitrogens is 1. The van der Waals surface area contributed by atoms with Crippen LogP contribution in [-0.2, 0) is 0 Å². The van der Waals surface area contributed by atoms with Crippen LogP contribution in [0.15, 0.2) is 24.4 Å². The summed E-state index contributed by atoms with van der Waals surface area (Å²) in [5.41, 5.74) is 1.12. The highest BCUT2D eigenvalue weighted by Crippen LogP contribution is 2.49. The first-order valence-electron chi connectivity index (χ1n) is 7.93. The smallest absolute Gasteiger partial charge is 0.186 e. The first-order valence-corrected chi connectivity index (χ1v) is 9.50. The Kier molecular flexibility index (Phi) is 3.24. The lowest BCUT2D eigenvalue weighted by atomic mass is 10.1. The molecule has 1 aromatic carbocycles. The third kappa shape index (κ3) is 2.20. The summed E-state index contributed by atoms with van der Waals surface area (Å²) in [6.07, 6.45) is 4.07. The number of anilines is 2. The van der Waals surface area contributed by atoms with Crippen LogP contribution in [0.5, 0.6) is 0 Å². The molecule has 1 saturated carbocycles. The van der Waals surface area contributed by atoms with E-state index in [2.05, 4.69) is 25.0 Å². The van der Waals surface area contributed by atoms with Crippen LogP contribution in [0.4, 0.5) is 10.9 Å². The molecular formula is C16H15Cl2N5S. The predicted octanol–water partition coefficient (Wildman–Crippen LogP) is 4.19. The molecule has 1 aliphatic heterocycles. The molecular weight excluding hydrogens is 365 g/mol. The molecule has 1 saturated heterocycles. The van der Waals surface area contributed by atoms with Gasteiger partial charge in [0.1, 0.15) is 4.34 Å². The number of aromatic amines is 1. The molecule has 2 fully saturated rings. The van der Waals surface area contributed by atoms with Crippen molar-refractivity contribution in [3.05, 3.63) is 33.8 Å². The highest BCUT2D eigenvalue weighted by molar-refractivity contribution is 7.19. The number of rotatable bonds is 2. The second-order valence-corrected chi connectivity index (χ2v) is 8.50. The zero-order valence-electron chi connectivity index (χ0n) is 12.8. The van der Waals surface area contributed by atoms with Crippen molar-refractivity contribution in [1.29, 1.82) is 0 Å². The number of nitrogens with zero attached hydrogens (tertiary/aromatic N) is 4. The molecule has 2 aromatic heterocycles. The van der Waals surface area contributed by atoms with E-state index in [9.17, 15) is 0 Å². The number of halogens is 2. The summed E-state index contributed by atoms with van der Waals surface area (Å²) < 4.78 is 0.738. The van der Waals surface area contributed by atoms with Gasteiger partial charge in [-0.3, -0.25) is 5.10 Å². The normalized spacial score (nSPS) is 19.4. The van der Waals surface area contributed by atoms with Crippen LogP contribution >= 0.6 is 34.5 Å². The van der Waals surface area contributed by atoms with Gasteiger partial charge in [-0.05, 0) is 25.0 Å².